The molecule has 19 heavy (non-hydrogen) atoms. The minimum Gasteiger partial charge on any atom is -0.393 e. The summed E-state index contributed by atoms with van der Waals surface area (Å²) in [5.41, 5.74) is 0. The number of rotatable bonds is 4. The van der Waals surface area contributed by atoms with E-state index in [4.69, 9.17) is 0 Å². The molecule has 0 bridgehead atoms. The number of carbonyl (C=O) groups is 1. The van der Waals surface area contributed by atoms with E-state index in [-0.39, 0.29) is 12.0 Å². The molecular formula is C15H28N2O2. The van der Waals surface area contributed by atoms with Crippen LogP contribution in [0.15, 0.2) is 0 Å². The average Bonchev–Trinajstić information content (AvgIpc) is 2.67. The largest absolute Gasteiger partial charge is 0.393 e. The zero-order chi connectivity index (χ0) is 13.5. The molecule has 0 aromatic rings. The Bertz CT molecular complexity index is 275. The van der Waals surface area contributed by atoms with Gasteiger partial charge in [-0.2, -0.15) is 0 Å². The lowest BCUT2D eigenvalue weighted by atomic mass is 9.87. The summed E-state index contributed by atoms with van der Waals surface area (Å²) in [6, 6.07) is 0. The van der Waals surface area contributed by atoms with E-state index in [2.05, 4.69) is 5.32 Å². The Morgan fingerprint density at radius 3 is 2.53 bits per heavy atom. The predicted molar refractivity (Wildman–Crippen MR) is 75.9 cm³/mol. The number of hydrogen-bond acceptors (Lipinski definition) is 3. The molecule has 2 aliphatic rings. The molecule has 4 nitrogen and oxygen atoms in total. The topological polar surface area (TPSA) is 52.6 Å². The summed E-state index contributed by atoms with van der Waals surface area (Å²) in [5.74, 6) is 0.791. The zero-order valence-electron chi connectivity index (χ0n) is 11.9. The number of amides is 1. The first-order chi connectivity index (χ1) is 9.25. The molecule has 0 aromatic carbocycles. The van der Waals surface area contributed by atoms with E-state index in [1.807, 2.05) is 4.90 Å². The van der Waals surface area contributed by atoms with E-state index in [0.717, 1.165) is 51.7 Å². The highest BCUT2D eigenvalue weighted by Crippen LogP contribution is 2.23. The van der Waals surface area contributed by atoms with Crippen LogP contribution in [0.1, 0.15) is 51.4 Å². The highest BCUT2D eigenvalue weighted by Gasteiger charge is 2.20. The minimum atomic E-state index is -0.123. The van der Waals surface area contributed by atoms with Crippen LogP contribution >= 0.6 is 0 Å². The molecule has 2 N–H and O–H groups in total. The fourth-order valence-corrected chi connectivity index (χ4v) is 3.26. The van der Waals surface area contributed by atoms with Crippen LogP contribution in [-0.4, -0.2) is 48.2 Å². The molecule has 0 radical (unpaired) electrons. The first-order valence-electron chi connectivity index (χ1n) is 7.92. The lowest BCUT2D eigenvalue weighted by Gasteiger charge is -2.26. The molecule has 1 saturated heterocycles. The van der Waals surface area contributed by atoms with Gasteiger partial charge < -0.3 is 15.3 Å². The third-order valence-corrected chi connectivity index (χ3v) is 4.42. The summed E-state index contributed by atoms with van der Waals surface area (Å²) in [5, 5.41) is 12.9. The molecule has 2 fully saturated rings. The van der Waals surface area contributed by atoms with Gasteiger partial charge in [0.1, 0.15) is 0 Å². The molecule has 1 aliphatic carbocycles. The Hall–Kier alpha value is -0.610. The SMILES string of the molecule is O=C(CNCC1CCCC(O)C1)N1CCCCCC1. The first kappa shape index (κ1) is 14.8. The van der Waals surface area contributed by atoms with Gasteiger partial charge in [0.25, 0.3) is 0 Å². The van der Waals surface area contributed by atoms with Crippen LogP contribution < -0.4 is 5.32 Å². The van der Waals surface area contributed by atoms with Crippen molar-refractivity contribution in [2.75, 3.05) is 26.2 Å². The van der Waals surface area contributed by atoms with Gasteiger partial charge in [-0.1, -0.05) is 19.3 Å². The van der Waals surface area contributed by atoms with Crippen molar-refractivity contribution in [3.63, 3.8) is 0 Å². The number of aliphatic hydroxyl groups excluding tert-OH is 1. The summed E-state index contributed by atoms with van der Waals surface area (Å²) in [6.45, 7) is 3.20. The molecular weight excluding hydrogens is 240 g/mol. The molecule has 110 valence electrons. The van der Waals surface area contributed by atoms with Crippen molar-refractivity contribution < 1.29 is 9.90 Å². The van der Waals surface area contributed by atoms with Crippen LogP contribution in [-0.2, 0) is 4.79 Å². The van der Waals surface area contributed by atoms with E-state index in [1.54, 1.807) is 0 Å². The van der Waals surface area contributed by atoms with Gasteiger partial charge in [-0.25, -0.2) is 0 Å². The Balaban J connectivity index is 1.62. The monoisotopic (exact) mass is 268 g/mol. The molecule has 2 rings (SSSR count). The quantitative estimate of drug-likeness (QED) is 0.813. The molecule has 0 aromatic heterocycles. The van der Waals surface area contributed by atoms with E-state index < -0.39 is 0 Å². The molecule has 1 amide bonds. The van der Waals surface area contributed by atoms with Crippen molar-refractivity contribution in [2.45, 2.75) is 57.5 Å². The van der Waals surface area contributed by atoms with Crippen molar-refractivity contribution in [3.05, 3.63) is 0 Å². The second kappa shape index (κ2) is 7.85. The van der Waals surface area contributed by atoms with Crippen LogP contribution in [0.4, 0.5) is 0 Å². The van der Waals surface area contributed by atoms with Gasteiger partial charge in [0.15, 0.2) is 0 Å². The van der Waals surface area contributed by atoms with E-state index >= 15 is 0 Å². The molecule has 2 unspecified atom stereocenters. The molecule has 1 heterocycles. The van der Waals surface area contributed by atoms with E-state index in [9.17, 15) is 9.90 Å². The standard InChI is InChI=1S/C15H28N2O2/c18-14-7-5-6-13(10-14)11-16-12-15(19)17-8-3-1-2-4-9-17/h13-14,16,18H,1-12H2. The summed E-state index contributed by atoms with van der Waals surface area (Å²) in [4.78, 5) is 14.1. The smallest absolute Gasteiger partial charge is 0.236 e. The summed E-state index contributed by atoms with van der Waals surface area (Å²) >= 11 is 0. The van der Waals surface area contributed by atoms with Crippen LogP contribution in [0.25, 0.3) is 0 Å². The lowest BCUT2D eigenvalue weighted by molar-refractivity contribution is -0.130. The second-order valence-corrected chi connectivity index (χ2v) is 6.11. The number of likely N-dealkylation sites (tertiary alicyclic amines) is 1. The maximum atomic E-state index is 12.1. The number of hydrogen-bond donors (Lipinski definition) is 2. The van der Waals surface area contributed by atoms with Crippen LogP contribution in [0.5, 0.6) is 0 Å². The van der Waals surface area contributed by atoms with Crippen molar-refractivity contribution >= 4 is 5.91 Å². The Morgan fingerprint density at radius 1 is 1.11 bits per heavy atom. The van der Waals surface area contributed by atoms with Crippen molar-refractivity contribution in [1.82, 2.24) is 10.2 Å². The Kier molecular flexibility index (Phi) is 6.11. The van der Waals surface area contributed by atoms with Gasteiger partial charge in [-0.3, -0.25) is 4.79 Å². The van der Waals surface area contributed by atoms with Gasteiger partial charge in [0.05, 0.1) is 12.6 Å². The maximum Gasteiger partial charge on any atom is 0.236 e. The van der Waals surface area contributed by atoms with Gasteiger partial charge >= 0.3 is 0 Å². The molecule has 0 spiro atoms. The van der Waals surface area contributed by atoms with E-state index in [0.29, 0.717) is 12.5 Å². The number of carbonyl (C=O) groups excluding carboxylic acids is 1. The molecule has 1 aliphatic heterocycles. The summed E-state index contributed by atoms with van der Waals surface area (Å²) in [7, 11) is 0. The van der Waals surface area contributed by atoms with Crippen LogP contribution in [0, 0.1) is 5.92 Å². The zero-order valence-corrected chi connectivity index (χ0v) is 11.9. The minimum absolute atomic E-state index is 0.123. The lowest BCUT2D eigenvalue weighted by Crippen LogP contribution is -2.40. The third-order valence-electron chi connectivity index (χ3n) is 4.42. The van der Waals surface area contributed by atoms with Gasteiger partial charge in [-0.15, -0.1) is 0 Å². The summed E-state index contributed by atoms with van der Waals surface area (Å²) in [6.07, 6.45) is 8.85. The van der Waals surface area contributed by atoms with E-state index in [1.165, 1.54) is 19.3 Å². The number of nitrogens with zero attached hydrogens (tertiary/aromatic N) is 1. The second-order valence-electron chi connectivity index (χ2n) is 6.11. The number of nitrogens with one attached hydrogen (secondary N) is 1. The molecule has 4 heteroatoms. The molecule has 2 atom stereocenters. The predicted octanol–water partition coefficient (Wildman–Crippen LogP) is 1.53. The third kappa shape index (κ3) is 5.11. The normalized spacial score (nSPS) is 29.0. The van der Waals surface area contributed by atoms with Gasteiger partial charge in [0.2, 0.25) is 5.91 Å². The maximum absolute atomic E-state index is 12.1. The van der Waals surface area contributed by atoms with Crippen molar-refractivity contribution in [1.29, 1.82) is 0 Å². The average molecular weight is 268 g/mol. The van der Waals surface area contributed by atoms with Crippen LogP contribution in [0.3, 0.4) is 0 Å². The van der Waals surface area contributed by atoms with Crippen LogP contribution in [0.2, 0.25) is 0 Å². The fraction of sp³-hybridized carbons (Fsp3) is 0.933. The van der Waals surface area contributed by atoms with Gasteiger partial charge in [-0.05, 0) is 44.6 Å². The highest BCUT2D eigenvalue weighted by molar-refractivity contribution is 5.78. The highest BCUT2D eigenvalue weighted by atomic mass is 16.3. The van der Waals surface area contributed by atoms with Crippen molar-refractivity contribution in [2.24, 2.45) is 5.92 Å². The fourth-order valence-electron chi connectivity index (χ4n) is 3.26. The first-order valence-corrected chi connectivity index (χ1v) is 7.92. The van der Waals surface area contributed by atoms with Gasteiger partial charge in [0, 0.05) is 13.1 Å². The Labute approximate surface area is 116 Å². The molecule has 1 saturated carbocycles. The summed E-state index contributed by atoms with van der Waals surface area (Å²) < 4.78 is 0. The van der Waals surface area contributed by atoms with Crippen molar-refractivity contribution in [3.8, 4) is 0 Å². The number of aliphatic hydroxyl groups is 1. The Morgan fingerprint density at radius 2 is 1.84 bits per heavy atom.